The predicted molar refractivity (Wildman–Crippen MR) is 76.1 cm³/mol. The van der Waals surface area contributed by atoms with Crippen molar-refractivity contribution in [3.05, 3.63) is 34.6 Å². The van der Waals surface area contributed by atoms with Gasteiger partial charge in [0.25, 0.3) is 0 Å². The summed E-state index contributed by atoms with van der Waals surface area (Å²) in [5.74, 6) is 1.05. The molecule has 0 amide bonds. The minimum atomic E-state index is 0.494. The lowest BCUT2D eigenvalue weighted by atomic mass is 10.1. The second kappa shape index (κ2) is 4.98. The Morgan fingerprint density at radius 3 is 3.05 bits per heavy atom. The molecule has 4 rings (SSSR count). The zero-order valence-corrected chi connectivity index (χ0v) is 12.7. The van der Waals surface area contributed by atoms with Crippen molar-refractivity contribution in [3.63, 3.8) is 0 Å². The molecule has 2 aromatic heterocycles. The van der Waals surface area contributed by atoms with Crippen LogP contribution in [0.2, 0.25) is 0 Å². The molecule has 0 unspecified atom stereocenters. The summed E-state index contributed by atoms with van der Waals surface area (Å²) in [5.41, 5.74) is 1.29. The Bertz CT molecular complexity index is 616. The van der Waals surface area contributed by atoms with Gasteiger partial charge in [-0.05, 0) is 15.9 Å². The first-order valence-electron chi connectivity index (χ1n) is 6.82. The molecule has 7 heteroatoms. The van der Waals surface area contributed by atoms with Crippen molar-refractivity contribution in [2.24, 2.45) is 0 Å². The number of imidazole rings is 1. The molecule has 1 fully saturated rings. The van der Waals surface area contributed by atoms with E-state index < -0.39 is 0 Å². The normalized spacial score (nSPS) is 19.9. The minimum absolute atomic E-state index is 0.494. The van der Waals surface area contributed by atoms with E-state index in [0.717, 1.165) is 43.1 Å². The maximum absolute atomic E-state index is 5.42. The van der Waals surface area contributed by atoms with Gasteiger partial charge in [-0.2, -0.15) is 5.10 Å². The first-order valence-corrected chi connectivity index (χ1v) is 7.62. The third kappa shape index (κ3) is 2.19. The van der Waals surface area contributed by atoms with Gasteiger partial charge in [0.1, 0.15) is 12.4 Å². The highest BCUT2D eigenvalue weighted by molar-refractivity contribution is 9.10. The third-order valence-electron chi connectivity index (χ3n) is 3.98. The van der Waals surface area contributed by atoms with Gasteiger partial charge in [0.15, 0.2) is 0 Å². The lowest BCUT2D eigenvalue weighted by Gasteiger charge is -2.39. The van der Waals surface area contributed by atoms with E-state index in [1.807, 2.05) is 23.3 Å². The summed E-state index contributed by atoms with van der Waals surface area (Å²) in [5, 5.41) is 4.35. The molecule has 0 saturated carbocycles. The van der Waals surface area contributed by atoms with Gasteiger partial charge >= 0.3 is 0 Å². The van der Waals surface area contributed by atoms with Crippen molar-refractivity contribution in [3.8, 4) is 0 Å². The van der Waals surface area contributed by atoms with Crippen LogP contribution in [0.4, 0.5) is 0 Å². The standard InChI is InChI=1S/C13H16BrN5O/c14-10-3-16-19(5-10)12-7-17(8-12)6-11-4-15-13-9-20-2-1-18(11)13/h3-5,12H,1-2,6-9H2. The Labute approximate surface area is 125 Å². The van der Waals surface area contributed by atoms with Gasteiger partial charge in [-0.15, -0.1) is 0 Å². The van der Waals surface area contributed by atoms with Crippen LogP contribution in [0.1, 0.15) is 17.6 Å². The number of likely N-dealkylation sites (tertiary alicyclic amines) is 1. The van der Waals surface area contributed by atoms with Crippen LogP contribution in [0.15, 0.2) is 23.1 Å². The number of hydrogen-bond acceptors (Lipinski definition) is 4. The first kappa shape index (κ1) is 12.6. The molecular formula is C13H16BrN5O. The molecule has 1 saturated heterocycles. The Balaban J connectivity index is 1.39. The zero-order valence-electron chi connectivity index (χ0n) is 11.1. The highest BCUT2D eigenvalue weighted by Gasteiger charge is 2.29. The molecule has 0 bridgehead atoms. The van der Waals surface area contributed by atoms with Gasteiger partial charge < -0.3 is 9.30 Å². The van der Waals surface area contributed by atoms with E-state index >= 15 is 0 Å². The molecule has 0 spiro atoms. The molecule has 2 aliphatic heterocycles. The second-order valence-corrected chi connectivity index (χ2v) is 6.27. The molecular weight excluding hydrogens is 322 g/mol. The average Bonchev–Trinajstić information content (AvgIpc) is 3.00. The van der Waals surface area contributed by atoms with Crippen LogP contribution in [-0.2, 0) is 24.4 Å². The summed E-state index contributed by atoms with van der Waals surface area (Å²) in [4.78, 5) is 6.87. The molecule has 0 N–H and O–H groups in total. The topological polar surface area (TPSA) is 48.1 Å². The molecule has 20 heavy (non-hydrogen) atoms. The van der Waals surface area contributed by atoms with E-state index in [-0.39, 0.29) is 0 Å². The maximum atomic E-state index is 5.42. The maximum Gasteiger partial charge on any atom is 0.135 e. The fourth-order valence-electron chi connectivity index (χ4n) is 2.87. The molecule has 0 aromatic carbocycles. The Morgan fingerprint density at radius 2 is 2.25 bits per heavy atom. The van der Waals surface area contributed by atoms with E-state index in [1.165, 1.54) is 5.69 Å². The van der Waals surface area contributed by atoms with Crippen LogP contribution in [-0.4, -0.2) is 43.9 Å². The molecule has 106 valence electrons. The molecule has 0 radical (unpaired) electrons. The molecule has 2 aliphatic rings. The summed E-state index contributed by atoms with van der Waals surface area (Å²) in [6.45, 7) is 5.42. The summed E-state index contributed by atoms with van der Waals surface area (Å²) in [7, 11) is 0. The first-order chi connectivity index (χ1) is 9.79. The monoisotopic (exact) mass is 337 g/mol. The predicted octanol–water partition coefficient (Wildman–Crippen LogP) is 1.43. The summed E-state index contributed by atoms with van der Waals surface area (Å²) >= 11 is 3.44. The number of fused-ring (bicyclic) bond motifs is 1. The van der Waals surface area contributed by atoms with Crippen molar-refractivity contribution >= 4 is 15.9 Å². The van der Waals surface area contributed by atoms with E-state index in [4.69, 9.17) is 4.74 Å². The van der Waals surface area contributed by atoms with E-state index in [0.29, 0.717) is 12.6 Å². The fraction of sp³-hybridized carbons (Fsp3) is 0.538. The van der Waals surface area contributed by atoms with Crippen molar-refractivity contribution in [2.75, 3.05) is 19.7 Å². The van der Waals surface area contributed by atoms with Gasteiger partial charge in [0.05, 0.1) is 29.0 Å². The molecule has 0 atom stereocenters. The lowest BCUT2D eigenvalue weighted by Crippen LogP contribution is -2.47. The Hall–Kier alpha value is -1.18. The number of aromatic nitrogens is 4. The summed E-state index contributed by atoms with van der Waals surface area (Å²) < 4.78 is 10.8. The molecule has 6 nitrogen and oxygen atoms in total. The Kier molecular flexibility index (Phi) is 3.13. The average molecular weight is 338 g/mol. The van der Waals surface area contributed by atoms with E-state index in [9.17, 15) is 0 Å². The lowest BCUT2D eigenvalue weighted by molar-refractivity contribution is 0.0711. The van der Waals surface area contributed by atoms with Crippen LogP contribution in [0.25, 0.3) is 0 Å². The van der Waals surface area contributed by atoms with Gasteiger partial charge in [0, 0.05) is 38.6 Å². The van der Waals surface area contributed by atoms with Gasteiger partial charge in [-0.3, -0.25) is 9.58 Å². The number of ether oxygens (including phenoxy) is 1. The Morgan fingerprint density at radius 1 is 1.35 bits per heavy atom. The zero-order chi connectivity index (χ0) is 13.5. The largest absolute Gasteiger partial charge is 0.372 e. The van der Waals surface area contributed by atoms with Gasteiger partial charge in [-0.25, -0.2) is 4.98 Å². The number of nitrogens with zero attached hydrogens (tertiary/aromatic N) is 5. The van der Waals surface area contributed by atoms with Crippen molar-refractivity contribution in [2.45, 2.75) is 25.7 Å². The van der Waals surface area contributed by atoms with Crippen LogP contribution in [0.3, 0.4) is 0 Å². The number of rotatable bonds is 3. The highest BCUT2D eigenvalue weighted by Crippen LogP contribution is 2.24. The number of hydrogen-bond donors (Lipinski definition) is 0. The number of halogens is 1. The second-order valence-electron chi connectivity index (χ2n) is 5.36. The fourth-order valence-corrected chi connectivity index (χ4v) is 3.17. The quantitative estimate of drug-likeness (QED) is 0.850. The minimum Gasteiger partial charge on any atom is -0.372 e. The van der Waals surface area contributed by atoms with Crippen LogP contribution in [0, 0.1) is 0 Å². The SMILES string of the molecule is Brc1cnn(C2CN(Cc3cnc4n3CCOC4)C2)c1. The van der Waals surface area contributed by atoms with Crippen molar-refractivity contribution < 1.29 is 4.74 Å². The van der Waals surface area contributed by atoms with Gasteiger partial charge in [-0.1, -0.05) is 0 Å². The summed E-state index contributed by atoms with van der Waals surface area (Å²) in [6, 6.07) is 0.494. The van der Waals surface area contributed by atoms with Gasteiger partial charge in [0.2, 0.25) is 0 Å². The van der Waals surface area contributed by atoms with E-state index in [2.05, 4.69) is 35.5 Å². The van der Waals surface area contributed by atoms with Crippen LogP contribution in [0.5, 0.6) is 0 Å². The molecule has 2 aromatic rings. The summed E-state index contributed by atoms with van der Waals surface area (Å²) in [6.07, 6.45) is 5.87. The molecule has 4 heterocycles. The molecule has 0 aliphatic carbocycles. The van der Waals surface area contributed by atoms with Crippen LogP contribution < -0.4 is 0 Å². The highest BCUT2D eigenvalue weighted by atomic mass is 79.9. The van der Waals surface area contributed by atoms with Crippen molar-refractivity contribution in [1.29, 1.82) is 0 Å². The van der Waals surface area contributed by atoms with E-state index in [1.54, 1.807) is 0 Å². The third-order valence-corrected chi connectivity index (χ3v) is 4.39. The van der Waals surface area contributed by atoms with Crippen molar-refractivity contribution in [1.82, 2.24) is 24.2 Å². The smallest absolute Gasteiger partial charge is 0.135 e. The van der Waals surface area contributed by atoms with Crippen LogP contribution >= 0.6 is 15.9 Å².